The quantitative estimate of drug-likeness (QED) is 0.627. The van der Waals surface area contributed by atoms with Gasteiger partial charge in [-0.25, -0.2) is 8.78 Å². The van der Waals surface area contributed by atoms with E-state index in [1.165, 1.54) is 0 Å². The zero-order valence-corrected chi connectivity index (χ0v) is 5.74. The van der Waals surface area contributed by atoms with Gasteiger partial charge in [0.1, 0.15) is 0 Å². The van der Waals surface area contributed by atoms with Crippen LogP contribution in [-0.4, -0.2) is 13.0 Å². The van der Waals surface area contributed by atoms with Crippen LogP contribution in [0.15, 0.2) is 12.3 Å². The van der Waals surface area contributed by atoms with Crippen LogP contribution in [-0.2, 0) is 0 Å². The number of alkyl halides is 2. The molecule has 0 aromatic heterocycles. The first-order valence-corrected chi connectivity index (χ1v) is 3.38. The Labute approximate surface area is 59.1 Å². The number of nitrogens with one attached hydrogen (secondary N) is 1. The Morgan fingerprint density at radius 2 is 2.40 bits per heavy atom. The maximum atomic E-state index is 11.8. The van der Waals surface area contributed by atoms with Crippen molar-refractivity contribution in [3.05, 3.63) is 12.3 Å². The van der Waals surface area contributed by atoms with Crippen molar-refractivity contribution in [2.45, 2.75) is 19.3 Å². The van der Waals surface area contributed by atoms with Crippen LogP contribution >= 0.6 is 0 Å². The molecule has 0 radical (unpaired) electrons. The minimum absolute atomic E-state index is 0.00597. The zero-order valence-electron chi connectivity index (χ0n) is 5.74. The van der Waals surface area contributed by atoms with E-state index < -0.39 is 6.43 Å². The van der Waals surface area contributed by atoms with Gasteiger partial charge in [0, 0.05) is 18.7 Å². The Kier molecular flexibility index (Phi) is 2.25. The van der Waals surface area contributed by atoms with Gasteiger partial charge in [-0.3, -0.25) is 0 Å². The van der Waals surface area contributed by atoms with E-state index in [-0.39, 0.29) is 12.3 Å². The molecule has 0 aromatic rings. The van der Waals surface area contributed by atoms with Crippen molar-refractivity contribution in [1.82, 2.24) is 5.32 Å². The number of rotatable bonds is 2. The van der Waals surface area contributed by atoms with E-state index in [0.29, 0.717) is 13.0 Å². The van der Waals surface area contributed by atoms with Crippen LogP contribution in [0.2, 0.25) is 0 Å². The monoisotopic (exact) mass is 147 g/mol. The van der Waals surface area contributed by atoms with Crippen molar-refractivity contribution in [2.24, 2.45) is 5.92 Å². The van der Waals surface area contributed by atoms with Gasteiger partial charge >= 0.3 is 0 Å². The van der Waals surface area contributed by atoms with Crippen LogP contribution in [0.1, 0.15) is 12.8 Å². The fourth-order valence-electron chi connectivity index (χ4n) is 1.20. The lowest BCUT2D eigenvalue weighted by Gasteiger charge is -2.04. The highest BCUT2D eigenvalue weighted by Crippen LogP contribution is 2.21. The van der Waals surface area contributed by atoms with E-state index >= 15 is 0 Å². The fourth-order valence-corrected chi connectivity index (χ4v) is 1.20. The van der Waals surface area contributed by atoms with Gasteiger partial charge < -0.3 is 5.32 Å². The van der Waals surface area contributed by atoms with Crippen LogP contribution in [0.4, 0.5) is 8.78 Å². The largest absolute Gasteiger partial charge is 0.389 e. The van der Waals surface area contributed by atoms with E-state index in [9.17, 15) is 8.78 Å². The second-order valence-electron chi connectivity index (χ2n) is 2.68. The lowest BCUT2D eigenvalue weighted by atomic mass is 10.1. The van der Waals surface area contributed by atoms with E-state index in [2.05, 4.69) is 11.9 Å². The maximum Gasteiger partial charge on any atom is 0.239 e. The lowest BCUT2D eigenvalue weighted by molar-refractivity contribution is 0.118. The molecule has 1 nitrogen and oxygen atoms in total. The molecule has 1 saturated heterocycles. The molecule has 1 N–H and O–H groups in total. The van der Waals surface area contributed by atoms with E-state index in [1.54, 1.807) is 0 Å². The normalized spacial score (nSPS) is 25.5. The summed E-state index contributed by atoms with van der Waals surface area (Å²) in [5, 5.41) is 2.95. The first-order valence-electron chi connectivity index (χ1n) is 3.38. The van der Waals surface area contributed by atoms with Gasteiger partial charge in [0.25, 0.3) is 0 Å². The fraction of sp³-hybridized carbons (Fsp3) is 0.714. The summed E-state index contributed by atoms with van der Waals surface area (Å²) in [4.78, 5) is 0. The molecule has 0 aliphatic carbocycles. The van der Waals surface area contributed by atoms with Crippen molar-refractivity contribution < 1.29 is 8.78 Å². The minimum atomic E-state index is -2.17. The highest BCUT2D eigenvalue weighted by atomic mass is 19.3. The summed E-state index contributed by atoms with van der Waals surface area (Å²) in [6.45, 7) is 4.33. The molecule has 1 unspecified atom stereocenters. The zero-order chi connectivity index (χ0) is 7.56. The van der Waals surface area contributed by atoms with E-state index in [4.69, 9.17) is 0 Å². The van der Waals surface area contributed by atoms with Crippen LogP contribution in [0.25, 0.3) is 0 Å². The summed E-state index contributed by atoms with van der Waals surface area (Å²) in [5.41, 5.74) is 0.894. The minimum Gasteiger partial charge on any atom is -0.389 e. The molecule has 1 heterocycles. The third kappa shape index (κ3) is 1.97. The molecule has 3 heteroatoms. The molecule has 1 fully saturated rings. The standard InChI is InChI=1S/C7H11F2N/c1-5-2-6(4-10-5)3-7(8)9/h6-7,10H,1-4H2. The number of hydrogen-bond acceptors (Lipinski definition) is 1. The van der Waals surface area contributed by atoms with Gasteiger partial charge in [-0.1, -0.05) is 6.58 Å². The van der Waals surface area contributed by atoms with Crippen molar-refractivity contribution in [3.8, 4) is 0 Å². The summed E-state index contributed by atoms with van der Waals surface area (Å²) < 4.78 is 23.5. The number of halogens is 2. The average molecular weight is 147 g/mol. The van der Waals surface area contributed by atoms with Crippen LogP contribution < -0.4 is 5.32 Å². The topological polar surface area (TPSA) is 12.0 Å². The summed E-state index contributed by atoms with van der Waals surface area (Å²) in [6.07, 6.45) is -1.45. The smallest absolute Gasteiger partial charge is 0.239 e. The maximum absolute atomic E-state index is 11.8. The summed E-state index contributed by atoms with van der Waals surface area (Å²) in [5.74, 6) is 0.104. The Hall–Kier alpha value is -0.600. The van der Waals surface area contributed by atoms with E-state index in [0.717, 1.165) is 5.70 Å². The Morgan fingerprint density at radius 3 is 2.80 bits per heavy atom. The van der Waals surface area contributed by atoms with Crippen LogP contribution in [0, 0.1) is 5.92 Å². The number of hydrogen-bond donors (Lipinski definition) is 1. The third-order valence-electron chi connectivity index (χ3n) is 1.69. The Bertz CT molecular complexity index is 134. The van der Waals surface area contributed by atoms with Gasteiger partial charge in [0.2, 0.25) is 6.43 Å². The van der Waals surface area contributed by atoms with E-state index in [1.807, 2.05) is 0 Å². The Balaban J connectivity index is 2.24. The highest BCUT2D eigenvalue weighted by molar-refractivity contribution is 4.99. The molecule has 58 valence electrons. The average Bonchev–Trinajstić information content (AvgIpc) is 2.13. The van der Waals surface area contributed by atoms with Crippen molar-refractivity contribution in [2.75, 3.05) is 6.54 Å². The second-order valence-corrected chi connectivity index (χ2v) is 2.68. The predicted molar refractivity (Wildman–Crippen MR) is 35.9 cm³/mol. The first-order chi connectivity index (χ1) is 4.68. The third-order valence-corrected chi connectivity index (χ3v) is 1.69. The van der Waals surface area contributed by atoms with Crippen LogP contribution in [0.5, 0.6) is 0 Å². The van der Waals surface area contributed by atoms with Crippen molar-refractivity contribution in [3.63, 3.8) is 0 Å². The van der Waals surface area contributed by atoms with Crippen LogP contribution in [0.3, 0.4) is 0 Å². The summed E-state index contributed by atoms with van der Waals surface area (Å²) in [6, 6.07) is 0. The number of allylic oxidation sites excluding steroid dienone is 1. The Morgan fingerprint density at radius 1 is 1.70 bits per heavy atom. The molecule has 1 atom stereocenters. The second kappa shape index (κ2) is 2.99. The molecule has 0 saturated carbocycles. The predicted octanol–water partition coefficient (Wildman–Crippen LogP) is 1.76. The summed E-state index contributed by atoms with van der Waals surface area (Å²) in [7, 11) is 0. The first kappa shape index (κ1) is 7.51. The van der Waals surface area contributed by atoms with Gasteiger partial charge in [-0.05, 0) is 12.3 Å². The van der Waals surface area contributed by atoms with Gasteiger partial charge in [-0.2, -0.15) is 0 Å². The molecule has 0 amide bonds. The molecule has 1 rings (SSSR count). The molecule has 1 aliphatic heterocycles. The molecule has 1 aliphatic rings. The summed E-state index contributed by atoms with van der Waals surface area (Å²) >= 11 is 0. The van der Waals surface area contributed by atoms with Gasteiger partial charge in [0.05, 0.1) is 0 Å². The van der Waals surface area contributed by atoms with Crippen molar-refractivity contribution in [1.29, 1.82) is 0 Å². The molecule has 0 spiro atoms. The molecule has 0 aromatic carbocycles. The highest BCUT2D eigenvalue weighted by Gasteiger charge is 2.20. The lowest BCUT2D eigenvalue weighted by Crippen LogP contribution is -2.10. The SMILES string of the molecule is C=C1CC(CC(F)F)CN1. The van der Waals surface area contributed by atoms with Crippen molar-refractivity contribution >= 4 is 0 Å². The molecular weight excluding hydrogens is 136 g/mol. The molecular formula is C7H11F2N. The van der Waals surface area contributed by atoms with Gasteiger partial charge in [-0.15, -0.1) is 0 Å². The molecule has 10 heavy (non-hydrogen) atoms. The molecule has 0 bridgehead atoms. The van der Waals surface area contributed by atoms with Gasteiger partial charge in [0.15, 0.2) is 0 Å².